The smallest absolute Gasteiger partial charge is 0.262 e. The molecule has 0 unspecified atom stereocenters. The van der Waals surface area contributed by atoms with Crippen molar-refractivity contribution in [1.82, 2.24) is 0 Å². The summed E-state index contributed by atoms with van der Waals surface area (Å²) in [6, 6.07) is 18.3. The van der Waals surface area contributed by atoms with Gasteiger partial charge in [-0.05, 0) is 54.6 Å². The van der Waals surface area contributed by atoms with Gasteiger partial charge < -0.3 is 20.1 Å². The molecule has 2 N–H and O–H groups in total. The third-order valence-electron chi connectivity index (χ3n) is 4.04. The van der Waals surface area contributed by atoms with Crippen LogP contribution in [0.1, 0.15) is 10.4 Å². The fourth-order valence-electron chi connectivity index (χ4n) is 2.55. The van der Waals surface area contributed by atoms with Gasteiger partial charge in [0.05, 0.1) is 22.8 Å². The molecule has 0 heterocycles. The maximum atomic E-state index is 12.4. The van der Waals surface area contributed by atoms with E-state index < -0.39 is 0 Å². The minimum Gasteiger partial charge on any atom is -0.495 e. The summed E-state index contributed by atoms with van der Waals surface area (Å²) >= 11 is 12.1. The topological polar surface area (TPSA) is 76.7 Å². The fourth-order valence-corrected chi connectivity index (χ4v) is 2.99. The summed E-state index contributed by atoms with van der Waals surface area (Å²) in [6.07, 6.45) is 0. The number of methoxy groups -OCH3 is 1. The van der Waals surface area contributed by atoms with E-state index in [0.29, 0.717) is 38.5 Å². The summed E-state index contributed by atoms with van der Waals surface area (Å²) in [5.74, 6) is 0.323. The van der Waals surface area contributed by atoms with Gasteiger partial charge in [-0.3, -0.25) is 9.59 Å². The van der Waals surface area contributed by atoms with Crippen molar-refractivity contribution < 1.29 is 19.1 Å². The van der Waals surface area contributed by atoms with Crippen LogP contribution in [0, 0.1) is 0 Å². The van der Waals surface area contributed by atoms with E-state index >= 15 is 0 Å². The van der Waals surface area contributed by atoms with E-state index in [1.165, 1.54) is 7.11 Å². The highest BCUT2D eigenvalue weighted by Gasteiger charge is 2.10. The van der Waals surface area contributed by atoms with E-state index in [4.69, 9.17) is 32.7 Å². The van der Waals surface area contributed by atoms with Crippen molar-refractivity contribution >= 4 is 46.4 Å². The molecule has 3 aromatic rings. The molecule has 154 valence electrons. The number of benzene rings is 3. The van der Waals surface area contributed by atoms with Crippen molar-refractivity contribution in [2.24, 2.45) is 0 Å². The molecule has 0 fully saturated rings. The molecule has 0 aliphatic carbocycles. The average Bonchev–Trinajstić information content (AvgIpc) is 2.74. The number of ether oxygens (including phenoxy) is 2. The summed E-state index contributed by atoms with van der Waals surface area (Å²) in [5.41, 5.74) is 1.48. The summed E-state index contributed by atoms with van der Waals surface area (Å²) in [4.78, 5) is 24.4. The third-order valence-corrected chi connectivity index (χ3v) is 4.67. The van der Waals surface area contributed by atoms with Gasteiger partial charge in [-0.1, -0.05) is 35.3 Å². The number of rotatable bonds is 7. The van der Waals surface area contributed by atoms with Gasteiger partial charge in [0.25, 0.3) is 11.8 Å². The van der Waals surface area contributed by atoms with Crippen LogP contribution >= 0.6 is 23.2 Å². The summed E-state index contributed by atoms with van der Waals surface area (Å²) in [6.45, 7) is -0.193. The number of amides is 2. The molecule has 30 heavy (non-hydrogen) atoms. The zero-order valence-corrected chi connectivity index (χ0v) is 17.5. The van der Waals surface area contributed by atoms with Gasteiger partial charge in [0, 0.05) is 11.3 Å². The lowest BCUT2D eigenvalue weighted by atomic mass is 10.2. The van der Waals surface area contributed by atoms with Crippen LogP contribution in [0.15, 0.2) is 66.7 Å². The first kappa shape index (κ1) is 21.5. The predicted octanol–water partition coefficient (Wildman–Crippen LogP) is 5.27. The zero-order chi connectivity index (χ0) is 21.5. The van der Waals surface area contributed by atoms with E-state index in [2.05, 4.69) is 10.6 Å². The van der Waals surface area contributed by atoms with Crippen molar-refractivity contribution in [3.63, 3.8) is 0 Å². The van der Waals surface area contributed by atoms with Gasteiger partial charge in [0.15, 0.2) is 6.61 Å². The summed E-state index contributed by atoms with van der Waals surface area (Å²) < 4.78 is 10.5. The molecule has 6 nitrogen and oxygen atoms in total. The van der Waals surface area contributed by atoms with Gasteiger partial charge in [-0.2, -0.15) is 0 Å². The number of hydrogen-bond donors (Lipinski definition) is 2. The standard InChI is InChI=1S/C22H18Cl2N2O4/c1-29-20-11-8-15(12-18(20)24)25-22(28)14-6-9-16(10-7-14)30-13-21(27)26-19-5-3-2-4-17(19)23/h2-12H,13H2,1H3,(H,25,28)(H,26,27). The monoisotopic (exact) mass is 444 g/mol. The molecule has 0 saturated heterocycles. The molecule has 0 aliphatic rings. The Morgan fingerprint density at radius 1 is 0.900 bits per heavy atom. The lowest BCUT2D eigenvalue weighted by molar-refractivity contribution is -0.118. The SMILES string of the molecule is COc1ccc(NC(=O)c2ccc(OCC(=O)Nc3ccccc3Cl)cc2)cc1Cl. The molecule has 8 heteroatoms. The van der Waals surface area contributed by atoms with E-state index in [1.807, 2.05) is 0 Å². The van der Waals surface area contributed by atoms with Gasteiger partial charge in [0.1, 0.15) is 11.5 Å². The number of hydrogen-bond acceptors (Lipinski definition) is 4. The second-order valence-electron chi connectivity index (χ2n) is 6.14. The summed E-state index contributed by atoms with van der Waals surface area (Å²) in [7, 11) is 1.52. The number of nitrogens with one attached hydrogen (secondary N) is 2. The first-order valence-electron chi connectivity index (χ1n) is 8.88. The second-order valence-corrected chi connectivity index (χ2v) is 6.96. The minimum atomic E-state index is -0.346. The number of halogens is 2. The van der Waals surface area contributed by atoms with E-state index in [-0.39, 0.29) is 18.4 Å². The van der Waals surface area contributed by atoms with Crippen LogP contribution in [-0.4, -0.2) is 25.5 Å². The molecule has 3 rings (SSSR count). The van der Waals surface area contributed by atoms with Gasteiger partial charge in [0.2, 0.25) is 0 Å². The van der Waals surface area contributed by atoms with Crippen LogP contribution in [0.5, 0.6) is 11.5 Å². The number of anilines is 2. The van der Waals surface area contributed by atoms with E-state index in [0.717, 1.165) is 0 Å². The van der Waals surface area contributed by atoms with Crippen LogP contribution in [0.25, 0.3) is 0 Å². The van der Waals surface area contributed by atoms with Crippen molar-refractivity contribution in [2.45, 2.75) is 0 Å². The quantitative estimate of drug-likeness (QED) is 0.520. The Kier molecular flexibility index (Phi) is 7.17. The van der Waals surface area contributed by atoms with E-state index in [1.54, 1.807) is 66.7 Å². The summed E-state index contributed by atoms with van der Waals surface area (Å²) in [5, 5.41) is 6.27. The van der Waals surface area contributed by atoms with Crippen LogP contribution in [0.2, 0.25) is 10.0 Å². The average molecular weight is 445 g/mol. The van der Waals surface area contributed by atoms with Crippen molar-refractivity contribution in [1.29, 1.82) is 0 Å². The molecule has 0 atom stereocenters. The van der Waals surface area contributed by atoms with Crippen LogP contribution in [-0.2, 0) is 4.79 Å². The Hall–Kier alpha value is -3.22. The van der Waals surface area contributed by atoms with Crippen LogP contribution in [0.4, 0.5) is 11.4 Å². The second kappa shape index (κ2) is 10.0. The number of carbonyl (C=O) groups is 2. The Morgan fingerprint density at radius 3 is 2.30 bits per heavy atom. The normalized spacial score (nSPS) is 10.2. The molecule has 3 aromatic carbocycles. The third kappa shape index (κ3) is 5.65. The largest absolute Gasteiger partial charge is 0.495 e. The van der Waals surface area contributed by atoms with Crippen LogP contribution in [0.3, 0.4) is 0 Å². The lowest BCUT2D eigenvalue weighted by Crippen LogP contribution is -2.20. The molecule has 0 saturated carbocycles. The predicted molar refractivity (Wildman–Crippen MR) is 118 cm³/mol. The molecular weight excluding hydrogens is 427 g/mol. The molecule has 0 aromatic heterocycles. The first-order valence-corrected chi connectivity index (χ1v) is 9.64. The van der Waals surface area contributed by atoms with E-state index in [9.17, 15) is 9.59 Å². The van der Waals surface area contributed by atoms with Gasteiger partial charge >= 0.3 is 0 Å². The van der Waals surface area contributed by atoms with Crippen LogP contribution < -0.4 is 20.1 Å². The number of carbonyl (C=O) groups excluding carboxylic acids is 2. The fraction of sp³-hybridized carbons (Fsp3) is 0.0909. The van der Waals surface area contributed by atoms with Crippen molar-refractivity contribution in [3.05, 3.63) is 82.3 Å². The highest BCUT2D eigenvalue weighted by molar-refractivity contribution is 6.33. The zero-order valence-electron chi connectivity index (χ0n) is 15.9. The van der Waals surface area contributed by atoms with Gasteiger partial charge in [-0.15, -0.1) is 0 Å². The molecule has 0 aliphatic heterocycles. The maximum absolute atomic E-state index is 12.4. The highest BCUT2D eigenvalue weighted by Crippen LogP contribution is 2.27. The lowest BCUT2D eigenvalue weighted by Gasteiger charge is -2.10. The number of para-hydroxylation sites is 1. The molecule has 0 spiro atoms. The minimum absolute atomic E-state index is 0.193. The van der Waals surface area contributed by atoms with Crippen molar-refractivity contribution in [2.75, 3.05) is 24.4 Å². The molecule has 0 bridgehead atoms. The Bertz CT molecular complexity index is 1060. The maximum Gasteiger partial charge on any atom is 0.262 e. The Balaban J connectivity index is 1.54. The molecular formula is C22H18Cl2N2O4. The molecule has 2 amide bonds. The van der Waals surface area contributed by atoms with Gasteiger partial charge in [-0.25, -0.2) is 0 Å². The van der Waals surface area contributed by atoms with Crippen molar-refractivity contribution in [3.8, 4) is 11.5 Å². The molecule has 0 radical (unpaired) electrons. The Morgan fingerprint density at radius 2 is 1.63 bits per heavy atom. The highest BCUT2D eigenvalue weighted by atomic mass is 35.5. The Labute approximate surface area is 183 Å². The first-order chi connectivity index (χ1) is 14.5.